The number of rotatable bonds is 7. The Bertz CT molecular complexity index is 914. The first kappa shape index (κ1) is 22.2. The maximum Gasteiger partial charge on any atom is 0.340 e. The molecule has 0 spiro atoms. The fraction of sp³-hybridized carbons (Fsp3) is 0.286. The van der Waals surface area contributed by atoms with Crippen LogP contribution in [0.15, 0.2) is 42.5 Å². The molecule has 0 saturated heterocycles. The van der Waals surface area contributed by atoms with Crippen LogP contribution in [0.25, 0.3) is 0 Å². The fourth-order valence-corrected chi connectivity index (χ4v) is 2.87. The number of hydrogen-bond donors (Lipinski definition) is 2. The van der Waals surface area contributed by atoms with Crippen LogP contribution in [0.4, 0.5) is 5.69 Å². The first-order valence-electron chi connectivity index (χ1n) is 8.91. The third-order valence-electron chi connectivity index (χ3n) is 4.24. The van der Waals surface area contributed by atoms with Crippen LogP contribution < -0.4 is 15.4 Å². The topological polar surface area (TPSA) is 93.7 Å². The van der Waals surface area contributed by atoms with Crippen LogP contribution in [-0.2, 0) is 9.53 Å². The van der Waals surface area contributed by atoms with Gasteiger partial charge >= 0.3 is 5.97 Å². The van der Waals surface area contributed by atoms with Crippen molar-refractivity contribution < 1.29 is 23.9 Å². The number of benzene rings is 2. The van der Waals surface area contributed by atoms with Crippen molar-refractivity contribution in [2.45, 2.75) is 19.9 Å². The zero-order valence-corrected chi connectivity index (χ0v) is 17.4. The Morgan fingerprint density at radius 3 is 2.28 bits per heavy atom. The highest BCUT2D eigenvalue weighted by atomic mass is 35.5. The van der Waals surface area contributed by atoms with E-state index in [1.807, 2.05) is 0 Å². The third kappa shape index (κ3) is 5.48. The smallest absolute Gasteiger partial charge is 0.340 e. The SMILES string of the molecule is COC(=O)c1cc(OC)ccc1NC(=O)C(NC(=O)c1ccccc1Cl)C(C)C. The molecule has 0 heterocycles. The van der Waals surface area contributed by atoms with Crippen molar-refractivity contribution in [2.75, 3.05) is 19.5 Å². The molecule has 2 N–H and O–H groups in total. The van der Waals surface area contributed by atoms with Crippen LogP contribution in [0.1, 0.15) is 34.6 Å². The second-order valence-electron chi connectivity index (χ2n) is 6.57. The monoisotopic (exact) mass is 418 g/mol. The Morgan fingerprint density at radius 2 is 1.69 bits per heavy atom. The fourth-order valence-electron chi connectivity index (χ4n) is 2.65. The third-order valence-corrected chi connectivity index (χ3v) is 4.57. The number of amides is 2. The summed E-state index contributed by atoms with van der Waals surface area (Å²) >= 11 is 6.07. The van der Waals surface area contributed by atoms with Crippen LogP contribution in [0.3, 0.4) is 0 Å². The summed E-state index contributed by atoms with van der Waals surface area (Å²) in [7, 11) is 2.71. The molecule has 2 rings (SSSR count). The van der Waals surface area contributed by atoms with Gasteiger partial charge in [0.05, 0.1) is 36.1 Å². The van der Waals surface area contributed by atoms with Gasteiger partial charge in [0.1, 0.15) is 11.8 Å². The summed E-state index contributed by atoms with van der Waals surface area (Å²) in [4.78, 5) is 37.5. The van der Waals surface area contributed by atoms with Crippen molar-refractivity contribution in [2.24, 2.45) is 5.92 Å². The zero-order valence-electron chi connectivity index (χ0n) is 16.6. The predicted molar refractivity (Wildman–Crippen MR) is 111 cm³/mol. The van der Waals surface area contributed by atoms with E-state index in [1.165, 1.54) is 26.4 Å². The van der Waals surface area contributed by atoms with Crippen molar-refractivity contribution in [3.8, 4) is 5.75 Å². The van der Waals surface area contributed by atoms with Gasteiger partial charge in [-0.05, 0) is 36.2 Å². The van der Waals surface area contributed by atoms with Crippen molar-refractivity contribution in [3.05, 3.63) is 58.6 Å². The van der Waals surface area contributed by atoms with Gasteiger partial charge in [-0.1, -0.05) is 37.6 Å². The second-order valence-corrected chi connectivity index (χ2v) is 6.97. The summed E-state index contributed by atoms with van der Waals surface area (Å²) in [6.45, 7) is 3.60. The second kappa shape index (κ2) is 9.93. The van der Waals surface area contributed by atoms with Crippen LogP contribution in [-0.4, -0.2) is 38.0 Å². The maximum absolute atomic E-state index is 12.9. The van der Waals surface area contributed by atoms with Crippen molar-refractivity contribution in [1.29, 1.82) is 0 Å². The number of ether oxygens (including phenoxy) is 2. The van der Waals surface area contributed by atoms with E-state index in [0.717, 1.165) is 0 Å². The van der Waals surface area contributed by atoms with E-state index in [1.54, 1.807) is 44.2 Å². The normalized spacial score (nSPS) is 11.5. The van der Waals surface area contributed by atoms with E-state index < -0.39 is 23.8 Å². The number of methoxy groups -OCH3 is 2. The van der Waals surface area contributed by atoms with E-state index >= 15 is 0 Å². The lowest BCUT2D eigenvalue weighted by atomic mass is 10.0. The molecule has 0 saturated carbocycles. The number of hydrogen-bond acceptors (Lipinski definition) is 5. The van der Waals surface area contributed by atoms with Crippen LogP contribution in [0, 0.1) is 5.92 Å². The van der Waals surface area contributed by atoms with Crippen molar-refractivity contribution in [1.82, 2.24) is 5.32 Å². The first-order chi connectivity index (χ1) is 13.8. The van der Waals surface area contributed by atoms with Gasteiger partial charge in [0, 0.05) is 0 Å². The Morgan fingerprint density at radius 1 is 1.00 bits per heavy atom. The maximum atomic E-state index is 12.9. The van der Waals surface area contributed by atoms with E-state index in [0.29, 0.717) is 5.75 Å². The van der Waals surface area contributed by atoms with Gasteiger partial charge in [0.15, 0.2) is 0 Å². The molecule has 0 bridgehead atoms. The zero-order chi connectivity index (χ0) is 21.6. The van der Waals surface area contributed by atoms with Crippen LogP contribution >= 0.6 is 11.6 Å². The minimum atomic E-state index is -0.855. The summed E-state index contributed by atoms with van der Waals surface area (Å²) in [6, 6.07) is 10.3. The Hall–Kier alpha value is -3.06. The lowest BCUT2D eigenvalue weighted by molar-refractivity contribution is -0.118. The molecule has 0 aliphatic heterocycles. The van der Waals surface area contributed by atoms with Gasteiger partial charge in [0.2, 0.25) is 5.91 Å². The van der Waals surface area contributed by atoms with Crippen molar-refractivity contribution in [3.63, 3.8) is 0 Å². The van der Waals surface area contributed by atoms with Crippen molar-refractivity contribution >= 4 is 35.1 Å². The highest BCUT2D eigenvalue weighted by molar-refractivity contribution is 6.33. The molecule has 0 fully saturated rings. The standard InChI is InChI=1S/C21H23ClN2O5/c1-12(2)18(24-19(25)14-7-5-6-8-16(14)22)20(26)23-17-10-9-13(28-3)11-15(17)21(27)29-4/h5-12,18H,1-4H3,(H,23,26)(H,24,25). The van der Waals surface area contributed by atoms with Gasteiger partial charge in [0.25, 0.3) is 5.91 Å². The largest absolute Gasteiger partial charge is 0.497 e. The van der Waals surface area contributed by atoms with Crippen LogP contribution in [0.5, 0.6) is 5.75 Å². The number of carbonyl (C=O) groups excluding carboxylic acids is 3. The van der Waals surface area contributed by atoms with E-state index in [4.69, 9.17) is 21.1 Å². The summed E-state index contributed by atoms with van der Waals surface area (Å²) in [5.41, 5.74) is 0.660. The minimum Gasteiger partial charge on any atom is -0.497 e. The quantitative estimate of drug-likeness (QED) is 0.671. The van der Waals surface area contributed by atoms with Crippen LogP contribution in [0.2, 0.25) is 5.02 Å². The number of halogens is 1. The molecule has 7 nitrogen and oxygen atoms in total. The van der Waals surface area contributed by atoms with Gasteiger partial charge in [-0.15, -0.1) is 0 Å². The average molecular weight is 419 g/mol. The number of esters is 1. The molecular weight excluding hydrogens is 396 g/mol. The number of nitrogens with one attached hydrogen (secondary N) is 2. The van der Waals surface area contributed by atoms with Gasteiger partial charge < -0.3 is 20.1 Å². The first-order valence-corrected chi connectivity index (χ1v) is 9.28. The Labute approximate surface area is 174 Å². The van der Waals surface area contributed by atoms with E-state index in [-0.39, 0.29) is 27.8 Å². The molecule has 8 heteroatoms. The highest BCUT2D eigenvalue weighted by Crippen LogP contribution is 2.24. The summed E-state index contributed by atoms with van der Waals surface area (Å²) in [5.74, 6) is -1.35. The molecule has 2 amide bonds. The minimum absolute atomic E-state index is 0.139. The Balaban J connectivity index is 2.25. The molecule has 154 valence electrons. The van der Waals surface area contributed by atoms with Gasteiger partial charge in [-0.2, -0.15) is 0 Å². The molecule has 1 atom stereocenters. The van der Waals surface area contributed by atoms with E-state index in [2.05, 4.69) is 10.6 Å². The Kier molecular flexibility index (Phi) is 7.61. The van der Waals surface area contributed by atoms with Gasteiger partial charge in [-0.25, -0.2) is 4.79 Å². The molecule has 0 aliphatic rings. The van der Waals surface area contributed by atoms with E-state index in [9.17, 15) is 14.4 Å². The molecule has 0 radical (unpaired) electrons. The molecule has 0 aliphatic carbocycles. The molecule has 2 aromatic carbocycles. The molecule has 0 aromatic heterocycles. The lowest BCUT2D eigenvalue weighted by Gasteiger charge is -2.22. The van der Waals surface area contributed by atoms with Gasteiger partial charge in [-0.3, -0.25) is 9.59 Å². The summed E-state index contributed by atoms with van der Waals surface area (Å²) in [6.07, 6.45) is 0. The highest BCUT2D eigenvalue weighted by Gasteiger charge is 2.27. The summed E-state index contributed by atoms with van der Waals surface area (Å²) < 4.78 is 9.89. The average Bonchev–Trinajstić information content (AvgIpc) is 2.71. The predicted octanol–water partition coefficient (Wildman–Crippen LogP) is 3.53. The lowest BCUT2D eigenvalue weighted by Crippen LogP contribution is -2.47. The summed E-state index contributed by atoms with van der Waals surface area (Å²) in [5, 5.41) is 5.68. The molecular formula is C21H23ClN2O5. The molecule has 2 aromatic rings. The number of carbonyl (C=O) groups is 3. The number of anilines is 1. The molecule has 1 unspecified atom stereocenters. The molecule has 29 heavy (non-hydrogen) atoms.